The molecular formula is C11H18N2O3S2. The Bertz CT molecular complexity index is 515. The molecule has 1 aromatic rings. The minimum absolute atomic E-state index is 0.227. The number of benzene rings is 1. The molecule has 0 aliphatic rings. The van der Waals surface area contributed by atoms with Crippen LogP contribution in [-0.2, 0) is 20.8 Å². The zero-order valence-corrected chi connectivity index (χ0v) is 12.1. The lowest BCUT2D eigenvalue weighted by atomic mass is 10.3. The summed E-state index contributed by atoms with van der Waals surface area (Å²) in [5.74, 6) is 0.605. The first kappa shape index (κ1) is 15.1. The van der Waals surface area contributed by atoms with Crippen LogP contribution in [0.5, 0.6) is 0 Å². The molecule has 0 saturated carbocycles. The summed E-state index contributed by atoms with van der Waals surface area (Å²) in [5.41, 5.74) is 0.564. The monoisotopic (exact) mass is 290 g/mol. The van der Waals surface area contributed by atoms with Crippen molar-refractivity contribution < 1.29 is 12.6 Å². The smallest absolute Gasteiger partial charge is 0.242 e. The van der Waals surface area contributed by atoms with Crippen LogP contribution in [0.15, 0.2) is 29.2 Å². The van der Waals surface area contributed by atoms with E-state index in [0.717, 1.165) is 6.42 Å². The summed E-state index contributed by atoms with van der Waals surface area (Å²) in [6.07, 6.45) is 2.39. The van der Waals surface area contributed by atoms with Crippen molar-refractivity contribution in [1.82, 2.24) is 4.72 Å². The highest BCUT2D eigenvalue weighted by molar-refractivity contribution is 7.89. The van der Waals surface area contributed by atoms with Crippen molar-refractivity contribution in [2.45, 2.75) is 11.3 Å². The average Bonchev–Trinajstić information content (AvgIpc) is 2.35. The second-order valence-electron chi connectivity index (χ2n) is 3.76. The first-order chi connectivity index (χ1) is 8.47. The van der Waals surface area contributed by atoms with Crippen LogP contribution < -0.4 is 10.0 Å². The van der Waals surface area contributed by atoms with Gasteiger partial charge in [0.2, 0.25) is 10.0 Å². The van der Waals surface area contributed by atoms with Gasteiger partial charge >= 0.3 is 0 Å². The highest BCUT2D eigenvalue weighted by Crippen LogP contribution is 2.20. The molecule has 5 nitrogen and oxygen atoms in total. The van der Waals surface area contributed by atoms with Gasteiger partial charge in [-0.3, -0.25) is 4.21 Å². The normalized spacial score (nSPS) is 13.2. The highest BCUT2D eigenvalue weighted by atomic mass is 32.2. The fourth-order valence-corrected chi connectivity index (χ4v) is 2.91. The molecule has 1 atom stereocenters. The topological polar surface area (TPSA) is 75.3 Å². The van der Waals surface area contributed by atoms with E-state index in [1.54, 1.807) is 30.5 Å². The van der Waals surface area contributed by atoms with E-state index in [1.165, 1.54) is 7.05 Å². The minimum atomic E-state index is -3.45. The molecular weight excluding hydrogens is 272 g/mol. The summed E-state index contributed by atoms with van der Waals surface area (Å²) >= 11 is 0. The van der Waals surface area contributed by atoms with E-state index in [1.807, 2.05) is 0 Å². The van der Waals surface area contributed by atoms with Gasteiger partial charge in [-0.1, -0.05) is 12.1 Å². The van der Waals surface area contributed by atoms with E-state index in [9.17, 15) is 12.6 Å². The Balaban J connectivity index is 2.75. The molecule has 0 radical (unpaired) electrons. The van der Waals surface area contributed by atoms with Crippen molar-refractivity contribution in [1.29, 1.82) is 0 Å². The Hall–Kier alpha value is -0.920. The lowest BCUT2D eigenvalue weighted by molar-refractivity contribution is 0.588. The van der Waals surface area contributed by atoms with Gasteiger partial charge in [0, 0.05) is 29.4 Å². The molecule has 0 spiro atoms. The maximum atomic E-state index is 11.8. The molecule has 2 N–H and O–H groups in total. The average molecular weight is 290 g/mol. The SMILES string of the molecule is CNS(=O)(=O)c1ccccc1NCCCS(C)=O. The molecule has 0 aliphatic carbocycles. The number of hydrogen-bond acceptors (Lipinski definition) is 4. The van der Waals surface area contributed by atoms with Gasteiger partial charge < -0.3 is 5.32 Å². The van der Waals surface area contributed by atoms with Crippen LogP contribution in [0, 0.1) is 0 Å². The van der Waals surface area contributed by atoms with Gasteiger partial charge in [0.05, 0.1) is 5.69 Å². The molecule has 0 bridgehead atoms. The molecule has 18 heavy (non-hydrogen) atoms. The molecule has 0 heterocycles. The number of rotatable bonds is 7. The van der Waals surface area contributed by atoms with E-state index in [4.69, 9.17) is 0 Å². The van der Waals surface area contributed by atoms with Crippen LogP contribution in [0.1, 0.15) is 6.42 Å². The fraction of sp³-hybridized carbons (Fsp3) is 0.455. The molecule has 7 heteroatoms. The summed E-state index contributed by atoms with van der Waals surface area (Å²) in [4.78, 5) is 0.227. The zero-order valence-electron chi connectivity index (χ0n) is 10.5. The Morgan fingerprint density at radius 3 is 2.56 bits per heavy atom. The lowest BCUT2D eigenvalue weighted by Gasteiger charge is -2.11. The Morgan fingerprint density at radius 1 is 1.28 bits per heavy atom. The van der Waals surface area contributed by atoms with E-state index >= 15 is 0 Å². The molecule has 1 rings (SSSR count). The quantitative estimate of drug-likeness (QED) is 0.728. The standard InChI is InChI=1S/C11H18N2O3S2/c1-12-18(15,16)11-7-4-3-6-10(11)13-8-5-9-17(2)14/h3-4,6-7,12-13H,5,8-9H2,1-2H3. The van der Waals surface area contributed by atoms with Gasteiger partial charge in [0.25, 0.3) is 0 Å². The van der Waals surface area contributed by atoms with E-state index < -0.39 is 20.8 Å². The van der Waals surface area contributed by atoms with Crippen molar-refractivity contribution in [3.63, 3.8) is 0 Å². The van der Waals surface area contributed by atoms with Crippen molar-refractivity contribution in [3.8, 4) is 0 Å². The van der Waals surface area contributed by atoms with Gasteiger partial charge in [-0.05, 0) is 25.6 Å². The Morgan fingerprint density at radius 2 is 1.94 bits per heavy atom. The van der Waals surface area contributed by atoms with Crippen LogP contribution in [0.25, 0.3) is 0 Å². The third kappa shape index (κ3) is 4.40. The molecule has 1 aromatic carbocycles. The van der Waals surface area contributed by atoms with Crippen LogP contribution in [0.2, 0.25) is 0 Å². The first-order valence-electron chi connectivity index (χ1n) is 5.54. The molecule has 1 unspecified atom stereocenters. The van der Waals surface area contributed by atoms with Crippen molar-refractivity contribution in [2.24, 2.45) is 0 Å². The van der Waals surface area contributed by atoms with Crippen molar-refractivity contribution in [3.05, 3.63) is 24.3 Å². The Labute approximate surface area is 110 Å². The largest absolute Gasteiger partial charge is 0.384 e. The summed E-state index contributed by atoms with van der Waals surface area (Å²) in [7, 11) is -2.89. The van der Waals surface area contributed by atoms with Gasteiger partial charge in [-0.25, -0.2) is 13.1 Å². The maximum Gasteiger partial charge on any atom is 0.242 e. The molecule has 0 saturated heterocycles. The maximum absolute atomic E-state index is 11.8. The second kappa shape index (κ2) is 6.86. The van der Waals surface area contributed by atoms with Gasteiger partial charge in [-0.15, -0.1) is 0 Å². The molecule has 0 amide bonds. The number of sulfonamides is 1. The summed E-state index contributed by atoms with van der Waals surface area (Å²) in [6.45, 7) is 0.593. The van der Waals surface area contributed by atoms with Gasteiger partial charge in [-0.2, -0.15) is 0 Å². The fourth-order valence-electron chi connectivity index (χ4n) is 1.46. The predicted molar refractivity (Wildman–Crippen MR) is 74.7 cm³/mol. The number of hydrogen-bond donors (Lipinski definition) is 2. The van der Waals surface area contributed by atoms with Crippen molar-refractivity contribution in [2.75, 3.05) is 30.9 Å². The highest BCUT2D eigenvalue weighted by Gasteiger charge is 2.15. The number of anilines is 1. The summed E-state index contributed by atoms with van der Waals surface area (Å²) < 4.78 is 36.7. The third-order valence-electron chi connectivity index (χ3n) is 2.37. The second-order valence-corrected chi connectivity index (χ2v) is 7.17. The summed E-state index contributed by atoms with van der Waals surface area (Å²) in [6, 6.07) is 6.71. The molecule has 0 aromatic heterocycles. The van der Waals surface area contributed by atoms with Crippen LogP contribution >= 0.6 is 0 Å². The number of para-hydroxylation sites is 1. The van der Waals surface area contributed by atoms with E-state index in [2.05, 4.69) is 10.0 Å². The van der Waals surface area contributed by atoms with Crippen LogP contribution in [0.3, 0.4) is 0 Å². The molecule has 0 aliphatic heterocycles. The van der Waals surface area contributed by atoms with E-state index in [-0.39, 0.29) is 4.90 Å². The predicted octanol–water partition coefficient (Wildman–Crippen LogP) is 0.775. The number of nitrogens with one attached hydrogen (secondary N) is 2. The molecule has 102 valence electrons. The Kier molecular flexibility index (Phi) is 5.77. The van der Waals surface area contributed by atoms with Gasteiger partial charge in [0.1, 0.15) is 4.90 Å². The van der Waals surface area contributed by atoms with Gasteiger partial charge in [0.15, 0.2) is 0 Å². The first-order valence-corrected chi connectivity index (χ1v) is 8.75. The van der Waals surface area contributed by atoms with Crippen LogP contribution in [0.4, 0.5) is 5.69 Å². The zero-order chi connectivity index (χ0) is 13.6. The molecule has 0 fully saturated rings. The minimum Gasteiger partial charge on any atom is -0.384 e. The van der Waals surface area contributed by atoms with E-state index in [0.29, 0.717) is 18.0 Å². The summed E-state index contributed by atoms with van der Waals surface area (Å²) in [5, 5.41) is 3.06. The lowest BCUT2D eigenvalue weighted by Crippen LogP contribution is -2.20. The third-order valence-corrected chi connectivity index (χ3v) is 4.71. The van der Waals surface area contributed by atoms with Crippen LogP contribution in [-0.4, -0.2) is 38.2 Å². The van der Waals surface area contributed by atoms with Crippen molar-refractivity contribution >= 4 is 26.5 Å².